The Bertz CT molecular complexity index is 399. The molecule has 106 valence electrons. The van der Waals surface area contributed by atoms with Crippen molar-refractivity contribution in [3.63, 3.8) is 0 Å². The van der Waals surface area contributed by atoms with E-state index in [4.69, 9.17) is 0 Å². The molecule has 4 nitrogen and oxygen atoms in total. The fourth-order valence-electron chi connectivity index (χ4n) is 3.07. The van der Waals surface area contributed by atoms with Crippen molar-refractivity contribution in [3.05, 3.63) is 0 Å². The van der Waals surface area contributed by atoms with Gasteiger partial charge in [0.25, 0.3) is 0 Å². The molecule has 1 aliphatic heterocycles. The Balaban J connectivity index is 1.87. The first-order valence-corrected chi connectivity index (χ1v) is 8.48. The van der Waals surface area contributed by atoms with Gasteiger partial charge < -0.3 is 10.0 Å². The molecule has 18 heavy (non-hydrogen) atoms. The second-order valence-corrected chi connectivity index (χ2v) is 9.62. The summed E-state index contributed by atoms with van der Waals surface area (Å²) in [6.45, 7) is 7.70. The summed E-state index contributed by atoms with van der Waals surface area (Å²) in [5.74, 6) is 1.19. The molecular formula is C13H25NO3S. The van der Waals surface area contributed by atoms with E-state index in [0.717, 1.165) is 25.9 Å². The highest BCUT2D eigenvalue weighted by Crippen LogP contribution is 2.37. The number of fused-ring (bicyclic) bond motifs is 1. The average Bonchev–Trinajstić information content (AvgIpc) is 2.77. The van der Waals surface area contributed by atoms with Crippen LogP contribution in [-0.2, 0) is 9.84 Å². The molecule has 0 aromatic rings. The largest absolute Gasteiger partial charge is 0.393 e. The Morgan fingerprint density at radius 2 is 1.89 bits per heavy atom. The molecule has 1 aliphatic carbocycles. The van der Waals surface area contributed by atoms with Crippen LogP contribution in [0.4, 0.5) is 0 Å². The number of likely N-dealkylation sites (tertiary alicyclic amines) is 1. The number of aliphatic hydroxyl groups is 1. The number of hydrogen-bond acceptors (Lipinski definition) is 4. The van der Waals surface area contributed by atoms with E-state index in [0.29, 0.717) is 18.4 Å². The van der Waals surface area contributed by atoms with Gasteiger partial charge in [-0.1, -0.05) is 0 Å². The molecule has 0 aromatic carbocycles. The molecule has 0 spiro atoms. The smallest absolute Gasteiger partial charge is 0.156 e. The Labute approximate surface area is 110 Å². The molecule has 1 heterocycles. The average molecular weight is 275 g/mol. The van der Waals surface area contributed by atoms with E-state index in [1.54, 1.807) is 20.8 Å². The Morgan fingerprint density at radius 3 is 2.44 bits per heavy atom. The minimum Gasteiger partial charge on any atom is -0.393 e. The van der Waals surface area contributed by atoms with Gasteiger partial charge in [-0.25, -0.2) is 8.42 Å². The van der Waals surface area contributed by atoms with E-state index < -0.39 is 14.6 Å². The van der Waals surface area contributed by atoms with Gasteiger partial charge in [-0.2, -0.15) is 0 Å². The molecule has 0 aromatic heterocycles. The van der Waals surface area contributed by atoms with Crippen molar-refractivity contribution >= 4 is 9.84 Å². The monoisotopic (exact) mass is 275 g/mol. The quantitative estimate of drug-likeness (QED) is 0.831. The first-order valence-electron chi connectivity index (χ1n) is 6.83. The molecule has 0 amide bonds. The van der Waals surface area contributed by atoms with E-state index in [1.165, 1.54) is 0 Å². The summed E-state index contributed by atoms with van der Waals surface area (Å²) in [6.07, 6.45) is 1.84. The number of nitrogens with zero attached hydrogens (tertiary/aromatic N) is 1. The van der Waals surface area contributed by atoms with E-state index >= 15 is 0 Å². The normalized spacial score (nSPS) is 33.9. The van der Waals surface area contributed by atoms with E-state index in [2.05, 4.69) is 4.90 Å². The third-order valence-electron chi connectivity index (χ3n) is 4.50. The van der Waals surface area contributed by atoms with Crippen LogP contribution < -0.4 is 0 Å². The predicted molar refractivity (Wildman–Crippen MR) is 72.2 cm³/mol. The van der Waals surface area contributed by atoms with Gasteiger partial charge >= 0.3 is 0 Å². The molecule has 2 rings (SSSR count). The van der Waals surface area contributed by atoms with Crippen LogP contribution in [0, 0.1) is 11.8 Å². The second kappa shape index (κ2) is 4.76. The first kappa shape index (κ1) is 14.3. The fraction of sp³-hybridized carbons (Fsp3) is 1.00. The lowest BCUT2D eigenvalue weighted by molar-refractivity contribution is 0.125. The van der Waals surface area contributed by atoms with Crippen molar-refractivity contribution in [3.8, 4) is 0 Å². The van der Waals surface area contributed by atoms with Crippen LogP contribution >= 0.6 is 0 Å². The summed E-state index contributed by atoms with van der Waals surface area (Å²) in [6, 6.07) is 0. The minimum atomic E-state index is -3.03. The Morgan fingerprint density at radius 1 is 1.22 bits per heavy atom. The number of hydrogen-bond donors (Lipinski definition) is 1. The zero-order valence-electron chi connectivity index (χ0n) is 11.6. The third kappa shape index (κ3) is 2.73. The minimum absolute atomic E-state index is 0.167. The summed E-state index contributed by atoms with van der Waals surface area (Å²) in [4.78, 5) is 2.21. The van der Waals surface area contributed by atoms with Gasteiger partial charge in [0, 0.05) is 25.6 Å². The Kier molecular flexibility index (Phi) is 3.78. The van der Waals surface area contributed by atoms with Crippen LogP contribution in [0.25, 0.3) is 0 Å². The van der Waals surface area contributed by atoms with Crippen molar-refractivity contribution in [2.75, 3.05) is 25.4 Å². The molecule has 0 radical (unpaired) electrons. The van der Waals surface area contributed by atoms with Gasteiger partial charge in [0.15, 0.2) is 9.84 Å². The van der Waals surface area contributed by atoms with Crippen molar-refractivity contribution in [1.29, 1.82) is 0 Å². The summed E-state index contributed by atoms with van der Waals surface area (Å²) < 4.78 is 23.4. The topological polar surface area (TPSA) is 57.6 Å². The molecule has 1 saturated heterocycles. The lowest BCUT2D eigenvalue weighted by Gasteiger charge is -2.22. The zero-order valence-corrected chi connectivity index (χ0v) is 12.4. The number of sulfone groups is 1. The van der Waals surface area contributed by atoms with Gasteiger partial charge in [0.2, 0.25) is 0 Å². The second-order valence-electron chi connectivity index (χ2n) is 6.76. The fourth-order valence-corrected chi connectivity index (χ4v) is 4.18. The lowest BCUT2D eigenvalue weighted by atomic mass is 10.00. The van der Waals surface area contributed by atoms with Crippen molar-refractivity contribution in [2.45, 2.75) is 44.5 Å². The maximum atomic E-state index is 12.0. The highest BCUT2D eigenvalue weighted by Gasteiger charge is 2.42. The maximum absolute atomic E-state index is 12.0. The third-order valence-corrected chi connectivity index (χ3v) is 7.09. The van der Waals surface area contributed by atoms with E-state index in [1.807, 2.05) is 0 Å². The molecule has 2 fully saturated rings. The van der Waals surface area contributed by atoms with Gasteiger partial charge in [0.05, 0.1) is 16.6 Å². The Hall–Kier alpha value is -0.130. The summed E-state index contributed by atoms with van der Waals surface area (Å²) in [5.41, 5.74) is 0. The highest BCUT2D eigenvalue weighted by atomic mass is 32.2. The zero-order chi connectivity index (χ0) is 13.6. The van der Waals surface area contributed by atoms with Gasteiger partial charge in [-0.15, -0.1) is 0 Å². The summed E-state index contributed by atoms with van der Waals surface area (Å²) >= 11 is 0. The standard InChI is InChI=1S/C13H25NO3S/c1-13(2,3)18(16,17)7-6-14-8-10-4-5-12(15)11(10)9-14/h10-12,15H,4-9H2,1-3H3. The van der Waals surface area contributed by atoms with Crippen LogP contribution in [0.3, 0.4) is 0 Å². The highest BCUT2D eigenvalue weighted by molar-refractivity contribution is 7.92. The van der Waals surface area contributed by atoms with Crippen molar-refractivity contribution in [1.82, 2.24) is 4.90 Å². The number of rotatable bonds is 3. The lowest BCUT2D eigenvalue weighted by Crippen LogP contribution is -2.36. The van der Waals surface area contributed by atoms with E-state index in [-0.39, 0.29) is 11.9 Å². The molecule has 2 aliphatic rings. The molecule has 5 heteroatoms. The van der Waals surface area contributed by atoms with Crippen LogP contribution in [-0.4, -0.2) is 54.7 Å². The van der Waals surface area contributed by atoms with Crippen molar-refractivity contribution < 1.29 is 13.5 Å². The molecular weight excluding hydrogens is 250 g/mol. The molecule has 3 unspecified atom stereocenters. The van der Waals surface area contributed by atoms with Crippen LogP contribution in [0.2, 0.25) is 0 Å². The van der Waals surface area contributed by atoms with Gasteiger partial charge in [0.1, 0.15) is 0 Å². The summed E-state index contributed by atoms with van der Waals surface area (Å²) in [7, 11) is -3.03. The molecule has 1 N–H and O–H groups in total. The SMILES string of the molecule is CC(C)(C)S(=O)(=O)CCN1CC2CCC(O)C2C1. The number of aliphatic hydroxyl groups excluding tert-OH is 1. The molecule has 0 bridgehead atoms. The van der Waals surface area contributed by atoms with Crippen LogP contribution in [0.15, 0.2) is 0 Å². The molecule has 3 atom stereocenters. The summed E-state index contributed by atoms with van der Waals surface area (Å²) in [5, 5.41) is 9.83. The molecule has 1 saturated carbocycles. The van der Waals surface area contributed by atoms with Crippen LogP contribution in [0.5, 0.6) is 0 Å². The maximum Gasteiger partial charge on any atom is 0.156 e. The van der Waals surface area contributed by atoms with Crippen LogP contribution in [0.1, 0.15) is 33.6 Å². The van der Waals surface area contributed by atoms with E-state index in [9.17, 15) is 13.5 Å². The van der Waals surface area contributed by atoms with Gasteiger partial charge in [-0.3, -0.25) is 0 Å². The first-order chi connectivity index (χ1) is 8.21. The predicted octanol–water partition coefficient (Wildman–Crippen LogP) is 0.902. The van der Waals surface area contributed by atoms with Gasteiger partial charge in [-0.05, 0) is 39.5 Å². The van der Waals surface area contributed by atoms with Crippen molar-refractivity contribution in [2.24, 2.45) is 11.8 Å².